The maximum atomic E-state index is 5.59. The van der Waals surface area contributed by atoms with Crippen LogP contribution in [0.1, 0.15) is 19.8 Å². The maximum Gasteiger partial charge on any atom is 0.0333 e. The van der Waals surface area contributed by atoms with Gasteiger partial charge in [-0.2, -0.15) is 0 Å². The molecule has 1 heteroatoms. The lowest BCUT2D eigenvalue weighted by molar-refractivity contribution is 0.823. The van der Waals surface area contributed by atoms with Crippen molar-refractivity contribution in [1.82, 2.24) is 0 Å². The van der Waals surface area contributed by atoms with E-state index in [1.807, 2.05) is 0 Å². The molecule has 1 atom stereocenters. The number of alkyl halides is 1. The van der Waals surface area contributed by atoms with Crippen molar-refractivity contribution < 1.29 is 0 Å². The van der Waals surface area contributed by atoms with Crippen LogP contribution in [-0.2, 0) is 0 Å². The van der Waals surface area contributed by atoms with E-state index in [4.69, 9.17) is 11.6 Å². The number of hydrogen-bond donors (Lipinski definition) is 0. The molecule has 0 aliphatic rings. The fourth-order valence-electron chi connectivity index (χ4n) is 0.204. The molecule has 0 aromatic heterocycles. The van der Waals surface area contributed by atoms with Crippen LogP contribution in [0.15, 0.2) is 0 Å². The summed E-state index contributed by atoms with van der Waals surface area (Å²) in [4.78, 5) is 0. The van der Waals surface area contributed by atoms with Gasteiger partial charge in [-0.3, -0.25) is 0 Å². The van der Waals surface area contributed by atoms with Crippen LogP contribution in [0.4, 0.5) is 0 Å². The van der Waals surface area contributed by atoms with E-state index < -0.39 is 0 Å². The lowest BCUT2D eigenvalue weighted by atomic mass is 10.3. The van der Waals surface area contributed by atoms with Gasteiger partial charge in [-0.25, -0.2) is 0 Å². The van der Waals surface area contributed by atoms with E-state index in [1.165, 1.54) is 0 Å². The van der Waals surface area contributed by atoms with Crippen LogP contribution in [-0.4, -0.2) is 5.38 Å². The van der Waals surface area contributed by atoms with Gasteiger partial charge in [0.25, 0.3) is 0 Å². The van der Waals surface area contributed by atoms with Crippen molar-refractivity contribution in [3.05, 3.63) is 6.92 Å². The Morgan fingerprint density at radius 2 is 2.33 bits per heavy atom. The fraction of sp³-hybridized carbons (Fsp3) is 0.800. The first-order chi connectivity index (χ1) is 2.81. The molecule has 0 rings (SSSR count). The molecule has 0 saturated carbocycles. The van der Waals surface area contributed by atoms with Crippen molar-refractivity contribution in [2.45, 2.75) is 25.1 Å². The van der Waals surface area contributed by atoms with Crippen molar-refractivity contribution in [2.75, 3.05) is 0 Å². The normalized spacial score (nSPS) is 10.0. The van der Waals surface area contributed by atoms with Gasteiger partial charge in [0.15, 0.2) is 0 Å². The molecular weight excluding hydrogens is 95.5 g/mol. The third-order valence-electron chi connectivity index (χ3n) is 0.756. The Morgan fingerprint density at radius 1 is 1.83 bits per heavy atom. The summed E-state index contributed by atoms with van der Waals surface area (Å²) in [5.41, 5.74) is 0. The van der Waals surface area contributed by atoms with Gasteiger partial charge in [0.05, 0.1) is 0 Å². The van der Waals surface area contributed by atoms with Crippen molar-refractivity contribution in [3.8, 4) is 0 Å². The summed E-state index contributed by atoms with van der Waals surface area (Å²) in [6, 6.07) is 0. The molecule has 0 nitrogen and oxygen atoms in total. The number of rotatable bonds is 2. The standard InChI is InChI=1S/C5H10Cl/c1-3-5(6)4-2/h5H,1,3-4H2,2H3. The van der Waals surface area contributed by atoms with Crippen LogP contribution < -0.4 is 0 Å². The van der Waals surface area contributed by atoms with Gasteiger partial charge >= 0.3 is 0 Å². The number of halogens is 1. The average molecular weight is 106 g/mol. The monoisotopic (exact) mass is 105 g/mol. The molecule has 0 aliphatic heterocycles. The summed E-state index contributed by atoms with van der Waals surface area (Å²) in [6.07, 6.45) is 1.88. The number of hydrogen-bond acceptors (Lipinski definition) is 0. The van der Waals surface area contributed by atoms with E-state index in [0.29, 0.717) is 5.38 Å². The quantitative estimate of drug-likeness (QED) is 0.473. The van der Waals surface area contributed by atoms with Gasteiger partial charge in [-0.1, -0.05) is 13.8 Å². The summed E-state index contributed by atoms with van der Waals surface area (Å²) in [7, 11) is 0. The predicted molar refractivity (Wildman–Crippen MR) is 29.9 cm³/mol. The Kier molecular flexibility index (Phi) is 3.65. The first-order valence-corrected chi connectivity index (χ1v) is 2.68. The second kappa shape index (κ2) is 3.48. The minimum atomic E-state index is 0.296. The van der Waals surface area contributed by atoms with Crippen molar-refractivity contribution >= 4 is 11.6 Å². The third-order valence-corrected chi connectivity index (χ3v) is 1.28. The van der Waals surface area contributed by atoms with Gasteiger partial charge < -0.3 is 0 Å². The zero-order chi connectivity index (χ0) is 4.99. The highest BCUT2D eigenvalue weighted by molar-refractivity contribution is 6.20. The lowest BCUT2D eigenvalue weighted by Crippen LogP contribution is -1.89. The molecule has 0 fully saturated rings. The smallest absolute Gasteiger partial charge is 0.0333 e. The lowest BCUT2D eigenvalue weighted by Gasteiger charge is -1.95. The molecule has 0 amide bonds. The first kappa shape index (κ1) is 6.29. The zero-order valence-corrected chi connectivity index (χ0v) is 4.83. The van der Waals surface area contributed by atoms with Gasteiger partial charge in [0, 0.05) is 5.38 Å². The Balaban J connectivity index is 2.75. The summed E-state index contributed by atoms with van der Waals surface area (Å²) < 4.78 is 0. The average Bonchev–Trinajstić information content (AvgIpc) is 1.65. The van der Waals surface area contributed by atoms with Crippen LogP contribution in [0.3, 0.4) is 0 Å². The minimum absolute atomic E-state index is 0.296. The third kappa shape index (κ3) is 2.52. The topological polar surface area (TPSA) is 0 Å². The van der Waals surface area contributed by atoms with E-state index >= 15 is 0 Å². The van der Waals surface area contributed by atoms with E-state index in [-0.39, 0.29) is 0 Å². The van der Waals surface area contributed by atoms with Crippen LogP contribution in [0.5, 0.6) is 0 Å². The maximum absolute atomic E-state index is 5.59. The zero-order valence-electron chi connectivity index (χ0n) is 4.08. The van der Waals surface area contributed by atoms with Crippen molar-refractivity contribution in [1.29, 1.82) is 0 Å². The Hall–Kier alpha value is 0.290. The fourth-order valence-corrected chi connectivity index (χ4v) is 0.204. The molecule has 0 aliphatic carbocycles. The highest BCUT2D eigenvalue weighted by Gasteiger charge is 1.91. The van der Waals surface area contributed by atoms with Gasteiger partial charge in [0.2, 0.25) is 0 Å². The summed E-state index contributed by atoms with van der Waals surface area (Å²) >= 11 is 5.59. The van der Waals surface area contributed by atoms with Crippen LogP contribution >= 0.6 is 11.6 Å². The first-order valence-electron chi connectivity index (χ1n) is 2.24. The summed E-state index contributed by atoms with van der Waals surface area (Å²) in [6.45, 7) is 5.68. The molecule has 0 saturated heterocycles. The van der Waals surface area contributed by atoms with Crippen LogP contribution in [0.2, 0.25) is 0 Å². The molecular formula is C5H10Cl. The molecule has 0 N–H and O–H groups in total. The Labute approximate surface area is 44.5 Å². The van der Waals surface area contributed by atoms with Gasteiger partial charge in [0.1, 0.15) is 0 Å². The summed E-state index contributed by atoms with van der Waals surface area (Å²) in [5.74, 6) is 0. The van der Waals surface area contributed by atoms with E-state index in [0.717, 1.165) is 12.8 Å². The minimum Gasteiger partial charge on any atom is -0.123 e. The molecule has 37 valence electrons. The molecule has 0 bridgehead atoms. The molecule has 6 heavy (non-hydrogen) atoms. The Bertz CT molecular complexity index is 23.1. The van der Waals surface area contributed by atoms with Crippen molar-refractivity contribution in [2.24, 2.45) is 0 Å². The SMILES string of the molecule is [CH2]CC(Cl)CC. The highest BCUT2D eigenvalue weighted by atomic mass is 35.5. The Morgan fingerprint density at radius 3 is 2.33 bits per heavy atom. The summed E-state index contributed by atoms with van der Waals surface area (Å²) in [5, 5.41) is 0.296. The van der Waals surface area contributed by atoms with Crippen LogP contribution in [0, 0.1) is 6.92 Å². The molecule has 0 heterocycles. The molecule has 1 radical (unpaired) electrons. The molecule has 0 aromatic carbocycles. The van der Waals surface area contributed by atoms with Gasteiger partial charge in [-0.15, -0.1) is 11.6 Å². The molecule has 1 unspecified atom stereocenters. The highest BCUT2D eigenvalue weighted by Crippen LogP contribution is 2.02. The van der Waals surface area contributed by atoms with E-state index in [1.54, 1.807) is 0 Å². The van der Waals surface area contributed by atoms with E-state index in [2.05, 4.69) is 13.8 Å². The molecule has 0 spiro atoms. The van der Waals surface area contributed by atoms with Crippen LogP contribution in [0.25, 0.3) is 0 Å². The largest absolute Gasteiger partial charge is 0.123 e. The van der Waals surface area contributed by atoms with E-state index in [9.17, 15) is 0 Å². The second-order valence-electron chi connectivity index (χ2n) is 1.29. The van der Waals surface area contributed by atoms with Gasteiger partial charge in [-0.05, 0) is 12.8 Å². The van der Waals surface area contributed by atoms with Crippen molar-refractivity contribution in [3.63, 3.8) is 0 Å². The predicted octanol–water partition coefficient (Wildman–Crippen LogP) is 2.23. The molecule has 0 aromatic rings. The second-order valence-corrected chi connectivity index (χ2v) is 1.91.